The van der Waals surface area contributed by atoms with Crippen LogP contribution in [-0.2, 0) is 6.54 Å². The maximum Gasteiger partial charge on any atom is 0.167 e. The molecule has 0 unspecified atom stereocenters. The molecule has 2 rings (SSSR count). The van der Waals surface area contributed by atoms with Gasteiger partial charge in [-0.2, -0.15) is 0 Å². The van der Waals surface area contributed by atoms with E-state index >= 15 is 0 Å². The summed E-state index contributed by atoms with van der Waals surface area (Å²) in [5, 5.41) is 8.06. The number of hydrogen-bond donors (Lipinski definition) is 0. The maximum atomic E-state index is 5.58. The van der Waals surface area contributed by atoms with E-state index in [-0.39, 0.29) is 0 Å². The molecule has 4 nitrogen and oxygen atoms in total. The van der Waals surface area contributed by atoms with Gasteiger partial charge in [0.2, 0.25) is 0 Å². The zero-order valence-corrected chi connectivity index (χ0v) is 9.55. The van der Waals surface area contributed by atoms with Crippen LogP contribution in [0.5, 0.6) is 5.75 Å². The van der Waals surface area contributed by atoms with Crippen molar-refractivity contribution in [3.05, 3.63) is 30.6 Å². The van der Waals surface area contributed by atoms with E-state index < -0.39 is 0 Å². The highest BCUT2D eigenvalue weighted by atomic mass is 16.5. The minimum absolute atomic E-state index is 0.650. The van der Waals surface area contributed by atoms with Crippen molar-refractivity contribution in [2.24, 2.45) is 0 Å². The van der Waals surface area contributed by atoms with Crippen LogP contribution in [0.4, 0.5) is 0 Å². The van der Waals surface area contributed by atoms with Gasteiger partial charge in [0.05, 0.1) is 12.2 Å². The Morgan fingerprint density at radius 2 is 2.06 bits per heavy atom. The summed E-state index contributed by atoms with van der Waals surface area (Å²) in [6.45, 7) is 5.54. The first-order chi connectivity index (χ1) is 7.86. The molecule has 0 spiro atoms. The molecule has 0 bridgehead atoms. The summed E-state index contributed by atoms with van der Waals surface area (Å²) >= 11 is 0. The third-order valence-corrected chi connectivity index (χ3v) is 2.38. The fourth-order valence-electron chi connectivity index (χ4n) is 1.63. The van der Waals surface area contributed by atoms with Gasteiger partial charge in [-0.3, -0.25) is 0 Å². The van der Waals surface area contributed by atoms with Gasteiger partial charge >= 0.3 is 0 Å². The van der Waals surface area contributed by atoms with Gasteiger partial charge in [0, 0.05) is 6.54 Å². The number of nitrogens with zero attached hydrogens (tertiary/aromatic N) is 3. The Morgan fingerprint density at radius 3 is 2.81 bits per heavy atom. The second-order valence-electron chi connectivity index (χ2n) is 3.37. The van der Waals surface area contributed by atoms with Crippen LogP contribution in [0.3, 0.4) is 0 Å². The van der Waals surface area contributed by atoms with E-state index in [0.717, 1.165) is 23.7 Å². The monoisotopic (exact) mass is 217 g/mol. The Kier molecular flexibility index (Phi) is 3.19. The molecule has 0 saturated heterocycles. The molecular weight excluding hydrogens is 202 g/mol. The fraction of sp³-hybridized carbons (Fsp3) is 0.333. The van der Waals surface area contributed by atoms with E-state index in [1.54, 1.807) is 6.33 Å². The first kappa shape index (κ1) is 10.7. The van der Waals surface area contributed by atoms with Gasteiger partial charge < -0.3 is 9.30 Å². The summed E-state index contributed by atoms with van der Waals surface area (Å²) in [5.41, 5.74) is 0.990. The first-order valence-electron chi connectivity index (χ1n) is 5.46. The first-order valence-corrected chi connectivity index (χ1v) is 5.46. The lowest BCUT2D eigenvalue weighted by Crippen LogP contribution is -1.99. The van der Waals surface area contributed by atoms with Crippen LogP contribution in [0.2, 0.25) is 0 Å². The molecule has 84 valence electrons. The summed E-state index contributed by atoms with van der Waals surface area (Å²) in [7, 11) is 0. The third kappa shape index (κ3) is 1.91. The lowest BCUT2D eigenvalue weighted by atomic mass is 10.2. The van der Waals surface area contributed by atoms with Crippen LogP contribution in [0.15, 0.2) is 30.6 Å². The molecule has 0 radical (unpaired) electrons. The average Bonchev–Trinajstić information content (AvgIpc) is 2.78. The number of benzene rings is 1. The minimum Gasteiger partial charge on any atom is -0.493 e. The number of aryl methyl sites for hydroxylation is 1. The van der Waals surface area contributed by atoms with Crippen molar-refractivity contribution in [3.8, 4) is 17.1 Å². The number of hydrogen-bond acceptors (Lipinski definition) is 3. The van der Waals surface area contributed by atoms with Crippen molar-refractivity contribution in [2.75, 3.05) is 6.61 Å². The molecule has 16 heavy (non-hydrogen) atoms. The van der Waals surface area contributed by atoms with Crippen LogP contribution < -0.4 is 4.74 Å². The zero-order valence-electron chi connectivity index (χ0n) is 9.55. The van der Waals surface area contributed by atoms with Gasteiger partial charge in [-0.1, -0.05) is 12.1 Å². The predicted octanol–water partition coefficient (Wildman–Crippen LogP) is 2.36. The largest absolute Gasteiger partial charge is 0.493 e. The molecule has 4 heteroatoms. The zero-order chi connectivity index (χ0) is 11.4. The molecule has 1 aromatic carbocycles. The number of para-hydroxylation sites is 1. The molecule has 2 aromatic rings. The van der Waals surface area contributed by atoms with Crippen LogP contribution in [0.1, 0.15) is 13.8 Å². The van der Waals surface area contributed by atoms with Gasteiger partial charge in [0.15, 0.2) is 5.82 Å². The molecular formula is C12H15N3O. The molecule has 0 aliphatic carbocycles. The van der Waals surface area contributed by atoms with Gasteiger partial charge in [0.1, 0.15) is 12.1 Å². The van der Waals surface area contributed by atoms with E-state index in [2.05, 4.69) is 17.1 Å². The molecule has 1 heterocycles. The van der Waals surface area contributed by atoms with Crippen molar-refractivity contribution >= 4 is 0 Å². The minimum atomic E-state index is 0.650. The van der Waals surface area contributed by atoms with Crippen LogP contribution in [0, 0.1) is 0 Å². The van der Waals surface area contributed by atoms with Gasteiger partial charge in [0.25, 0.3) is 0 Å². The summed E-state index contributed by atoms with van der Waals surface area (Å²) in [6, 6.07) is 7.89. The Hall–Kier alpha value is -1.84. The molecule has 0 aliphatic rings. The van der Waals surface area contributed by atoms with Crippen molar-refractivity contribution in [1.82, 2.24) is 14.8 Å². The fourth-order valence-corrected chi connectivity index (χ4v) is 1.63. The van der Waals surface area contributed by atoms with Crippen molar-refractivity contribution < 1.29 is 4.74 Å². The Balaban J connectivity index is 2.46. The molecule has 0 atom stereocenters. The highest BCUT2D eigenvalue weighted by Gasteiger charge is 2.10. The number of aromatic nitrogens is 3. The normalized spacial score (nSPS) is 10.4. The quantitative estimate of drug-likeness (QED) is 0.789. The Labute approximate surface area is 94.9 Å². The Bertz CT molecular complexity index is 465. The van der Waals surface area contributed by atoms with E-state index in [1.807, 2.05) is 35.8 Å². The van der Waals surface area contributed by atoms with Crippen LogP contribution in [-0.4, -0.2) is 21.4 Å². The smallest absolute Gasteiger partial charge is 0.167 e. The van der Waals surface area contributed by atoms with Crippen LogP contribution in [0.25, 0.3) is 11.4 Å². The van der Waals surface area contributed by atoms with Gasteiger partial charge in [-0.05, 0) is 26.0 Å². The predicted molar refractivity (Wildman–Crippen MR) is 62.3 cm³/mol. The standard InChI is InChI=1S/C12H15N3O/c1-3-15-9-13-14-12(15)10-7-5-6-8-11(10)16-4-2/h5-9H,3-4H2,1-2H3. The molecule has 0 fully saturated rings. The van der Waals surface area contributed by atoms with Crippen molar-refractivity contribution in [2.45, 2.75) is 20.4 Å². The molecule has 0 saturated carbocycles. The lowest BCUT2D eigenvalue weighted by Gasteiger charge is -2.09. The summed E-state index contributed by atoms with van der Waals surface area (Å²) in [6.07, 6.45) is 1.73. The average molecular weight is 217 g/mol. The van der Waals surface area contributed by atoms with Gasteiger partial charge in [-0.15, -0.1) is 10.2 Å². The number of ether oxygens (including phenoxy) is 1. The molecule has 0 aliphatic heterocycles. The van der Waals surface area contributed by atoms with E-state index in [1.165, 1.54) is 0 Å². The summed E-state index contributed by atoms with van der Waals surface area (Å²) in [5.74, 6) is 1.71. The molecule has 0 N–H and O–H groups in total. The van der Waals surface area contributed by atoms with Gasteiger partial charge in [-0.25, -0.2) is 0 Å². The highest BCUT2D eigenvalue weighted by molar-refractivity contribution is 5.64. The van der Waals surface area contributed by atoms with Crippen LogP contribution >= 0.6 is 0 Å². The van der Waals surface area contributed by atoms with E-state index in [0.29, 0.717) is 6.61 Å². The number of rotatable bonds is 4. The topological polar surface area (TPSA) is 39.9 Å². The molecule has 1 aromatic heterocycles. The highest BCUT2D eigenvalue weighted by Crippen LogP contribution is 2.27. The SMILES string of the molecule is CCOc1ccccc1-c1nncn1CC. The summed E-state index contributed by atoms with van der Waals surface area (Å²) < 4.78 is 7.58. The second kappa shape index (κ2) is 4.79. The maximum absolute atomic E-state index is 5.58. The van der Waals surface area contributed by atoms with E-state index in [9.17, 15) is 0 Å². The Morgan fingerprint density at radius 1 is 1.25 bits per heavy atom. The third-order valence-electron chi connectivity index (χ3n) is 2.38. The molecule has 0 amide bonds. The van der Waals surface area contributed by atoms with E-state index in [4.69, 9.17) is 4.74 Å². The van der Waals surface area contributed by atoms with Crippen molar-refractivity contribution in [3.63, 3.8) is 0 Å². The lowest BCUT2D eigenvalue weighted by molar-refractivity contribution is 0.341. The summed E-state index contributed by atoms with van der Waals surface area (Å²) in [4.78, 5) is 0. The second-order valence-corrected chi connectivity index (χ2v) is 3.37. The van der Waals surface area contributed by atoms with Crippen molar-refractivity contribution in [1.29, 1.82) is 0 Å².